The van der Waals surface area contributed by atoms with Gasteiger partial charge in [-0.25, -0.2) is 8.42 Å². The molecule has 7 nitrogen and oxygen atoms in total. The molecule has 1 heterocycles. The molecule has 0 spiro atoms. The minimum atomic E-state index is -3.71. The molecule has 0 aliphatic carbocycles. The van der Waals surface area contributed by atoms with E-state index in [4.69, 9.17) is 0 Å². The zero-order chi connectivity index (χ0) is 21.4. The summed E-state index contributed by atoms with van der Waals surface area (Å²) in [6, 6.07) is 11.8. The predicted octanol–water partition coefficient (Wildman–Crippen LogP) is 2.71. The molecule has 2 aromatic rings. The van der Waals surface area contributed by atoms with E-state index in [1.54, 1.807) is 18.7 Å². The van der Waals surface area contributed by atoms with Crippen LogP contribution >= 0.6 is 0 Å². The quantitative estimate of drug-likeness (QED) is 0.593. The van der Waals surface area contributed by atoms with Gasteiger partial charge >= 0.3 is 0 Å². The van der Waals surface area contributed by atoms with Gasteiger partial charge in [0, 0.05) is 37.6 Å². The highest BCUT2D eigenvalue weighted by atomic mass is 32.2. The van der Waals surface area contributed by atoms with Crippen LogP contribution in [-0.4, -0.2) is 42.8 Å². The summed E-state index contributed by atoms with van der Waals surface area (Å²) < 4.78 is 28.0. The number of anilines is 1. The molecule has 1 aromatic carbocycles. The topological polar surface area (TPSA) is 79.7 Å². The molecule has 0 bridgehead atoms. The molecule has 1 amide bonds. The Morgan fingerprint density at radius 2 is 1.66 bits per heavy atom. The Hall–Kier alpha value is -2.45. The first-order valence-electron chi connectivity index (χ1n) is 9.91. The van der Waals surface area contributed by atoms with E-state index in [1.165, 1.54) is 27.2 Å². The number of pyridine rings is 1. The van der Waals surface area contributed by atoms with Crippen LogP contribution in [0.3, 0.4) is 0 Å². The van der Waals surface area contributed by atoms with Crippen molar-refractivity contribution in [2.24, 2.45) is 0 Å². The van der Waals surface area contributed by atoms with Gasteiger partial charge < -0.3 is 9.47 Å². The third kappa shape index (κ3) is 5.55. The van der Waals surface area contributed by atoms with E-state index >= 15 is 0 Å². The first-order chi connectivity index (χ1) is 13.8. The normalized spacial score (nSPS) is 11.6. The maximum atomic E-state index is 13.0. The van der Waals surface area contributed by atoms with Crippen LogP contribution in [0.4, 0.5) is 5.69 Å². The van der Waals surface area contributed by atoms with Gasteiger partial charge in [0.25, 0.3) is 5.56 Å². The molecule has 0 atom stereocenters. The van der Waals surface area contributed by atoms with Crippen molar-refractivity contribution in [2.45, 2.75) is 45.1 Å². The number of benzene rings is 1. The lowest BCUT2D eigenvalue weighted by Crippen LogP contribution is -2.37. The zero-order valence-electron chi connectivity index (χ0n) is 17.2. The number of carbonyl (C=O) groups excluding carboxylic acids is 1. The molecule has 0 fully saturated rings. The van der Waals surface area contributed by atoms with Crippen LogP contribution in [0.1, 0.15) is 33.6 Å². The largest absolute Gasteiger partial charge is 0.311 e. The fourth-order valence-electron chi connectivity index (χ4n) is 3.05. The van der Waals surface area contributed by atoms with Crippen molar-refractivity contribution in [3.63, 3.8) is 0 Å². The number of rotatable bonds is 10. The second-order valence-electron chi connectivity index (χ2n) is 6.65. The highest BCUT2D eigenvalue weighted by Crippen LogP contribution is 2.16. The molecule has 0 aliphatic heterocycles. The average Bonchev–Trinajstić information content (AvgIpc) is 2.71. The molecule has 0 aliphatic rings. The predicted molar refractivity (Wildman–Crippen MR) is 115 cm³/mol. The second-order valence-corrected chi connectivity index (χ2v) is 8.59. The van der Waals surface area contributed by atoms with Crippen molar-refractivity contribution in [1.29, 1.82) is 0 Å². The molecule has 158 valence electrons. The average molecular weight is 420 g/mol. The SMILES string of the molecule is CCCCN(C(=O)Cn1cc(S(=O)(=O)N(CC)CC)ccc1=O)c1ccccc1. The number of sulfonamides is 1. The van der Waals surface area contributed by atoms with Gasteiger partial charge in [0.05, 0.1) is 4.90 Å². The number of nitrogens with zero attached hydrogens (tertiary/aromatic N) is 3. The molecular weight excluding hydrogens is 390 g/mol. The number of para-hydroxylation sites is 1. The van der Waals surface area contributed by atoms with E-state index in [0.717, 1.165) is 18.5 Å². The number of amides is 1. The summed E-state index contributed by atoms with van der Waals surface area (Å²) in [7, 11) is -3.71. The monoisotopic (exact) mass is 419 g/mol. The Kier molecular flexibility index (Phi) is 8.16. The van der Waals surface area contributed by atoms with Crippen molar-refractivity contribution in [1.82, 2.24) is 8.87 Å². The summed E-state index contributed by atoms with van der Waals surface area (Å²) in [6.45, 7) is 6.52. The molecule has 0 unspecified atom stereocenters. The van der Waals surface area contributed by atoms with Crippen LogP contribution in [-0.2, 0) is 21.4 Å². The summed E-state index contributed by atoms with van der Waals surface area (Å²) >= 11 is 0. The lowest BCUT2D eigenvalue weighted by atomic mass is 10.2. The van der Waals surface area contributed by atoms with E-state index in [-0.39, 0.29) is 17.3 Å². The van der Waals surface area contributed by atoms with Crippen molar-refractivity contribution in [2.75, 3.05) is 24.5 Å². The van der Waals surface area contributed by atoms with E-state index < -0.39 is 15.6 Å². The van der Waals surface area contributed by atoms with Gasteiger partial charge in [-0.1, -0.05) is 45.4 Å². The third-order valence-electron chi connectivity index (χ3n) is 4.71. The second kappa shape index (κ2) is 10.4. The van der Waals surface area contributed by atoms with Gasteiger partial charge in [-0.2, -0.15) is 4.31 Å². The van der Waals surface area contributed by atoms with Gasteiger partial charge in [-0.05, 0) is 24.6 Å². The van der Waals surface area contributed by atoms with Crippen molar-refractivity contribution >= 4 is 21.6 Å². The number of carbonyl (C=O) groups is 1. The summed E-state index contributed by atoms with van der Waals surface area (Å²) in [5, 5.41) is 0. The van der Waals surface area contributed by atoms with Crippen molar-refractivity contribution in [3.8, 4) is 0 Å². The van der Waals surface area contributed by atoms with E-state index in [1.807, 2.05) is 37.3 Å². The van der Waals surface area contributed by atoms with Crippen LogP contribution in [0, 0.1) is 0 Å². The smallest absolute Gasteiger partial charge is 0.251 e. The molecule has 0 N–H and O–H groups in total. The summed E-state index contributed by atoms with van der Waals surface area (Å²) in [4.78, 5) is 26.9. The number of hydrogen-bond acceptors (Lipinski definition) is 4. The highest BCUT2D eigenvalue weighted by molar-refractivity contribution is 7.89. The third-order valence-corrected chi connectivity index (χ3v) is 6.74. The number of aromatic nitrogens is 1. The number of hydrogen-bond donors (Lipinski definition) is 0. The minimum Gasteiger partial charge on any atom is -0.311 e. The minimum absolute atomic E-state index is 0.00780. The first kappa shape index (κ1) is 22.8. The molecule has 0 radical (unpaired) electrons. The van der Waals surface area contributed by atoms with Crippen LogP contribution in [0.5, 0.6) is 0 Å². The molecule has 0 saturated heterocycles. The van der Waals surface area contributed by atoms with Gasteiger partial charge in [0.2, 0.25) is 15.9 Å². The van der Waals surface area contributed by atoms with Gasteiger partial charge in [0.1, 0.15) is 6.54 Å². The van der Waals surface area contributed by atoms with Gasteiger partial charge in [-0.3, -0.25) is 9.59 Å². The van der Waals surface area contributed by atoms with Gasteiger partial charge in [0.15, 0.2) is 0 Å². The van der Waals surface area contributed by atoms with E-state index in [0.29, 0.717) is 19.6 Å². The van der Waals surface area contributed by atoms with E-state index in [2.05, 4.69) is 0 Å². The molecule has 0 saturated carbocycles. The molecule has 1 aromatic heterocycles. The van der Waals surface area contributed by atoms with Crippen LogP contribution in [0.25, 0.3) is 0 Å². The summed E-state index contributed by atoms with van der Waals surface area (Å²) in [6.07, 6.45) is 3.01. The molecular formula is C21H29N3O4S. The summed E-state index contributed by atoms with van der Waals surface area (Å²) in [5.41, 5.74) is 0.339. The lowest BCUT2D eigenvalue weighted by molar-refractivity contribution is -0.119. The van der Waals surface area contributed by atoms with Crippen LogP contribution < -0.4 is 10.5 Å². The Morgan fingerprint density at radius 3 is 2.24 bits per heavy atom. The number of unbranched alkanes of at least 4 members (excludes halogenated alkanes) is 1. The van der Waals surface area contributed by atoms with Crippen molar-refractivity contribution in [3.05, 3.63) is 59.0 Å². The maximum Gasteiger partial charge on any atom is 0.251 e. The molecule has 29 heavy (non-hydrogen) atoms. The Bertz CT molecular complexity index is 967. The standard InChI is InChI=1S/C21H29N3O4S/c1-4-7-15-24(18-11-9-8-10-12-18)21(26)17-22-16-19(13-14-20(22)25)29(27,28)23(5-2)6-3/h8-14,16H,4-7,15,17H2,1-3H3. The Labute approximate surface area is 172 Å². The van der Waals surface area contributed by atoms with Crippen molar-refractivity contribution < 1.29 is 13.2 Å². The lowest BCUT2D eigenvalue weighted by Gasteiger charge is -2.23. The molecule has 8 heteroatoms. The first-order valence-corrected chi connectivity index (χ1v) is 11.3. The maximum absolute atomic E-state index is 13.0. The zero-order valence-corrected chi connectivity index (χ0v) is 18.1. The summed E-state index contributed by atoms with van der Waals surface area (Å²) in [5.74, 6) is -0.260. The Balaban J connectivity index is 2.34. The van der Waals surface area contributed by atoms with Crippen LogP contribution in [0.15, 0.2) is 58.4 Å². The van der Waals surface area contributed by atoms with E-state index in [9.17, 15) is 18.0 Å². The fourth-order valence-corrected chi connectivity index (χ4v) is 4.53. The highest BCUT2D eigenvalue weighted by Gasteiger charge is 2.23. The van der Waals surface area contributed by atoms with Gasteiger partial charge in [-0.15, -0.1) is 0 Å². The Morgan fingerprint density at radius 1 is 1.00 bits per heavy atom. The molecule has 2 rings (SSSR count). The fraction of sp³-hybridized carbons (Fsp3) is 0.429. The van der Waals surface area contributed by atoms with Crippen LogP contribution in [0.2, 0.25) is 0 Å².